The van der Waals surface area contributed by atoms with Gasteiger partial charge in [0.05, 0.1) is 10.7 Å². The Kier molecular flexibility index (Phi) is 6.00. The van der Waals surface area contributed by atoms with Crippen LogP contribution in [-0.2, 0) is 11.5 Å². The van der Waals surface area contributed by atoms with Crippen LogP contribution in [0.5, 0.6) is 0 Å². The molecule has 1 aromatic heterocycles. The Balaban J connectivity index is 2.19. The summed E-state index contributed by atoms with van der Waals surface area (Å²) in [6.07, 6.45) is -0.748. The van der Waals surface area contributed by atoms with Gasteiger partial charge in [0, 0.05) is 32.0 Å². The lowest BCUT2D eigenvalue weighted by Gasteiger charge is -2.17. The maximum Gasteiger partial charge on any atom is 0.264 e. The molecule has 2 aromatic rings. The van der Waals surface area contributed by atoms with Crippen molar-refractivity contribution in [3.8, 4) is 11.3 Å². The molecule has 0 radical (unpaired) electrons. The summed E-state index contributed by atoms with van der Waals surface area (Å²) in [6.45, 7) is 7.88. The summed E-state index contributed by atoms with van der Waals surface area (Å²) in [5.74, 6) is 0. The molecule has 1 aromatic carbocycles. The average Bonchev–Trinajstić information content (AvgIpc) is 2.90. The molecule has 0 fully saturated rings. The Morgan fingerprint density at radius 3 is 2.57 bits per heavy atom. The number of ether oxygens (including phenoxy) is 1. The molecule has 0 bridgehead atoms. The minimum Gasteiger partial charge on any atom is -0.361 e. The summed E-state index contributed by atoms with van der Waals surface area (Å²) in [6, 6.07) is 9.26. The molecule has 0 atom stereocenters. The Bertz CT molecular complexity index is 652. The summed E-state index contributed by atoms with van der Waals surface area (Å²) in [4.78, 5) is 0. The lowest BCUT2D eigenvalue weighted by molar-refractivity contribution is 0.0884. The van der Waals surface area contributed by atoms with Crippen molar-refractivity contribution < 1.29 is 13.5 Å². The van der Waals surface area contributed by atoms with Gasteiger partial charge in [-0.2, -0.15) is 0 Å². The predicted molar refractivity (Wildman–Crippen MR) is 93.9 cm³/mol. The standard InChI is InChI=1S/C17H22ClF2NOSi/c1-23(2,3)11-10-22-12-21-9-5-8-15(21)16-13(17(19)20)6-4-7-14(16)18/h4-9,17H,10-12H2,1-3H3. The monoisotopic (exact) mass is 357 g/mol. The zero-order valence-electron chi connectivity index (χ0n) is 13.7. The van der Waals surface area contributed by atoms with Crippen molar-refractivity contribution in [3.63, 3.8) is 0 Å². The highest BCUT2D eigenvalue weighted by atomic mass is 35.5. The van der Waals surface area contributed by atoms with Crippen LogP contribution in [-0.4, -0.2) is 19.2 Å². The lowest BCUT2D eigenvalue weighted by Crippen LogP contribution is -2.22. The first kappa shape index (κ1) is 18.2. The van der Waals surface area contributed by atoms with Crippen molar-refractivity contribution in [1.82, 2.24) is 4.57 Å². The smallest absolute Gasteiger partial charge is 0.264 e. The molecule has 0 aliphatic rings. The number of nitrogens with zero attached hydrogens (tertiary/aromatic N) is 1. The van der Waals surface area contributed by atoms with Gasteiger partial charge in [0.1, 0.15) is 6.73 Å². The minimum atomic E-state index is -2.57. The number of alkyl halides is 2. The second kappa shape index (κ2) is 7.60. The Hall–Kier alpha value is -1.17. The van der Waals surface area contributed by atoms with E-state index in [0.29, 0.717) is 29.6 Å². The Morgan fingerprint density at radius 2 is 1.91 bits per heavy atom. The largest absolute Gasteiger partial charge is 0.361 e. The number of hydrogen-bond acceptors (Lipinski definition) is 1. The summed E-state index contributed by atoms with van der Waals surface area (Å²) in [7, 11) is -1.14. The van der Waals surface area contributed by atoms with Gasteiger partial charge >= 0.3 is 0 Å². The molecule has 0 N–H and O–H groups in total. The molecule has 23 heavy (non-hydrogen) atoms. The van der Waals surface area contributed by atoms with Crippen LogP contribution in [0.15, 0.2) is 36.5 Å². The number of benzene rings is 1. The third-order valence-corrected chi connectivity index (χ3v) is 5.61. The molecule has 2 rings (SSSR count). The first-order valence-electron chi connectivity index (χ1n) is 7.59. The van der Waals surface area contributed by atoms with Crippen LogP contribution in [0.3, 0.4) is 0 Å². The fourth-order valence-corrected chi connectivity index (χ4v) is 3.32. The van der Waals surface area contributed by atoms with Crippen molar-refractivity contribution in [3.05, 3.63) is 47.1 Å². The van der Waals surface area contributed by atoms with Gasteiger partial charge in [-0.15, -0.1) is 0 Å². The highest BCUT2D eigenvalue weighted by molar-refractivity contribution is 6.76. The van der Waals surface area contributed by atoms with Crippen LogP contribution in [0.1, 0.15) is 12.0 Å². The minimum absolute atomic E-state index is 0.0560. The van der Waals surface area contributed by atoms with E-state index in [1.165, 1.54) is 6.07 Å². The van der Waals surface area contributed by atoms with Crippen molar-refractivity contribution in [2.45, 2.75) is 38.8 Å². The molecule has 2 nitrogen and oxygen atoms in total. The van der Waals surface area contributed by atoms with Crippen molar-refractivity contribution >= 4 is 19.7 Å². The lowest BCUT2D eigenvalue weighted by atomic mass is 10.0. The number of hydrogen-bond donors (Lipinski definition) is 0. The van der Waals surface area contributed by atoms with E-state index < -0.39 is 14.5 Å². The van der Waals surface area contributed by atoms with Crippen LogP contribution < -0.4 is 0 Å². The molecule has 0 unspecified atom stereocenters. The second-order valence-electron chi connectivity index (χ2n) is 6.72. The third-order valence-electron chi connectivity index (χ3n) is 3.59. The SMILES string of the molecule is C[Si](C)(C)CCOCn1cccc1-c1c(Cl)cccc1C(F)F. The Labute approximate surface area is 142 Å². The summed E-state index contributed by atoms with van der Waals surface area (Å²) < 4.78 is 34.1. The highest BCUT2D eigenvalue weighted by Gasteiger charge is 2.19. The van der Waals surface area contributed by atoms with E-state index in [2.05, 4.69) is 19.6 Å². The van der Waals surface area contributed by atoms with E-state index in [0.717, 1.165) is 6.04 Å². The van der Waals surface area contributed by atoms with Gasteiger partial charge in [0.15, 0.2) is 0 Å². The molecule has 0 spiro atoms. The highest BCUT2D eigenvalue weighted by Crippen LogP contribution is 2.36. The van der Waals surface area contributed by atoms with Gasteiger partial charge in [-0.1, -0.05) is 43.4 Å². The first-order chi connectivity index (χ1) is 10.8. The molecular formula is C17H22ClF2NOSi. The zero-order valence-corrected chi connectivity index (χ0v) is 15.4. The van der Waals surface area contributed by atoms with E-state index in [1.807, 2.05) is 16.8 Å². The molecule has 0 aliphatic carbocycles. The van der Waals surface area contributed by atoms with E-state index in [4.69, 9.17) is 16.3 Å². The molecule has 0 saturated heterocycles. The molecule has 6 heteroatoms. The van der Waals surface area contributed by atoms with Gasteiger partial charge < -0.3 is 9.30 Å². The van der Waals surface area contributed by atoms with E-state index in [9.17, 15) is 8.78 Å². The van der Waals surface area contributed by atoms with E-state index in [1.54, 1.807) is 18.2 Å². The van der Waals surface area contributed by atoms with Crippen molar-refractivity contribution in [2.24, 2.45) is 0 Å². The maximum atomic E-state index is 13.3. The fourth-order valence-electron chi connectivity index (χ4n) is 2.29. The van der Waals surface area contributed by atoms with Gasteiger partial charge in [-0.25, -0.2) is 8.78 Å². The van der Waals surface area contributed by atoms with E-state index >= 15 is 0 Å². The summed E-state index contributed by atoms with van der Waals surface area (Å²) in [5, 5.41) is 0.324. The number of halogens is 3. The summed E-state index contributed by atoms with van der Waals surface area (Å²) in [5.41, 5.74) is 0.974. The quantitative estimate of drug-likeness (QED) is 0.434. The number of aromatic nitrogens is 1. The third kappa shape index (κ3) is 4.90. The van der Waals surface area contributed by atoms with Crippen molar-refractivity contribution in [2.75, 3.05) is 6.61 Å². The van der Waals surface area contributed by atoms with Crippen molar-refractivity contribution in [1.29, 1.82) is 0 Å². The number of rotatable bonds is 7. The van der Waals surface area contributed by atoms with Crippen LogP contribution >= 0.6 is 11.6 Å². The average molecular weight is 358 g/mol. The van der Waals surface area contributed by atoms with E-state index in [-0.39, 0.29) is 5.56 Å². The molecule has 0 amide bonds. The molecule has 1 heterocycles. The van der Waals surface area contributed by atoms with Crippen LogP contribution in [0.2, 0.25) is 30.7 Å². The fraction of sp³-hybridized carbons (Fsp3) is 0.412. The molecule has 0 saturated carbocycles. The topological polar surface area (TPSA) is 14.2 Å². The van der Waals surface area contributed by atoms with Crippen LogP contribution in [0.25, 0.3) is 11.3 Å². The van der Waals surface area contributed by atoms with Crippen LogP contribution in [0.4, 0.5) is 8.78 Å². The summed E-state index contributed by atoms with van der Waals surface area (Å²) >= 11 is 6.18. The Morgan fingerprint density at radius 1 is 1.17 bits per heavy atom. The van der Waals surface area contributed by atoms with Gasteiger partial charge in [-0.3, -0.25) is 0 Å². The second-order valence-corrected chi connectivity index (χ2v) is 12.7. The zero-order chi connectivity index (χ0) is 17.0. The predicted octanol–water partition coefficient (Wildman–Crippen LogP) is 6.06. The molecule has 0 aliphatic heterocycles. The maximum absolute atomic E-state index is 13.3. The first-order valence-corrected chi connectivity index (χ1v) is 11.7. The van der Waals surface area contributed by atoms with Gasteiger partial charge in [-0.05, 0) is 24.2 Å². The van der Waals surface area contributed by atoms with Gasteiger partial charge in [0.2, 0.25) is 0 Å². The molecule has 126 valence electrons. The normalized spacial score (nSPS) is 12.1. The molecular weight excluding hydrogens is 336 g/mol. The van der Waals surface area contributed by atoms with Gasteiger partial charge in [0.25, 0.3) is 6.43 Å². The van der Waals surface area contributed by atoms with Crippen LogP contribution in [0, 0.1) is 0 Å².